The van der Waals surface area contributed by atoms with Crippen LogP contribution >= 0.6 is 0 Å². The normalized spacial score (nSPS) is 16.8. The first kappa shape index (κ1) is 15.8. The number of benzene rings is 1. The van der Waals surface area contributed by atoms with E-state index >= 15 is 0 Å². The Morgan fingerprint density at radius 3 is 2.52 bits per heavy atom. The lowest BCUT2D eigenvalue weighted by Gasteiger charge is -2.14. The predicted octanol–water partition coefficient (Wildman–Crippen LogP) is 4.40. The van der Waals surface area contributed by atoms with Crippen molar-refractivity contribution in [2.24, 2.45) is 0 Å². The summed E-state index contributed by atoms with van der Waals surface area (Å²) >= 11 is 0. The maximum Gasteiger partial charge on any atom is 0.243 e. The molecule has 0 atom stereocenters. The minimum absolute atomic E-state index is 0.0848. The summed E-state index contributed by atoms with van der Waals surface area (Å²) in [5.74, 6) is 0.0848. The first-order valence-corrected chi connectivity index (χ1v) is 8.35. The van der Waals surface area contributed by atoms with E-state index in [4.69, 9.17) is 0 Å². The molecule has 1 saturated carbocycles. The number of amides is 1. The summed E-state index contributed by atoms with van der Waals surface area (Å²) in [6.07, 6.45) is 14.3. The van der Waals surface area contributed by atoms with Gasteiger partial charge in [0, 0.05) is 6.04 Å². The molecule has 1 aliphatic rings. The molecule has 0 aliphatic heterocycles. The van der Waals surface area contributed by atoms with Crippen LogP contribution in [0.15, 0.2) is 42.5 Å². The fourth-order valence-corrected chi connectivity index (χ4v) is 2.93. The van der Waals surface area contributed by atoms with Crippen molar-refractivity contribution < 1.29 is 4.79 Å². The highest BCUT2D eigenvalue weighted by molar-refractivity contribution is 5.87. The molecule has 114 valence electrons. The van der Waals surface area contributed by atoms with Crippen LogP contribution in [-0.4, -0.2) is 11.9 Å². The molecule has 1 fully saturated rings. The van der Waals surface area contributed by atoms with Crippen molar-refractivity contribution in [3.63, 3.8) is 0 Å². The maximum atomic E-state index is 11.9. The molecule has 2 heteroatoms. The van der Waals surface area contributed by atoms with Crippen LogP contribution in [0.5, 0.6) is 0 Å². The fourth-order valence-electron chi connectivity index (χ4n) is 2.93. The molecule has 0 radical (unpaired) electrons. The Morgan fingerprint density at radius 1 is 1.10 bits per heavy atom. The second-order valence-corrected chi connectivity index (χ2v) is 5.98. The highest BCUT2D eigenvalue weighted by Crippen LogP contribution is 2.17. The number of carbonyl (C=O) groups is 1. The zero-order valence-electron chi connectivity index (χ0n) is 12.9. The number of allylic oxidation sites excluding steroid dienone is 1. The molecular formula is C19H27NO. The van der Waals surface area contributed by atoms with Gasteiger partial charge in [0.15, 0.2) is 0 Å². The topological polar surface area (TPSA) is 29.1 Å². The van der Waals surface area contributed by atoms with E-state index in [0.717, 1.165) is 32.1 Å². The number of hydrogen-bond acceptors (Lipinski definition) is 1. The summed E-state index contributed by atoms with van der Waals surface area (Å²) in [5, 5.41) is 3.14. The smallest absolute Gasteiger partial charge is 0.243 e. The lowest BCUT2D eigenvalue weighted by atomic mass is 10.1. The van der Waals surface area contributed by atoms with Crippen LogP contribution in [0, 0.1) is 0 Å². The Hall–Kier alpha value is -1.57. The van der Waals surface area contributed by atoms with Gasteiger partial charge in [-0.1, -0.05) is 62.1 Å². The van der Waals surface area contributed by atoms with Crippen LogP contribution in [0.4, 0.5) is 0 Å². The van der Waals surface area contributed by atoms with E-state index in [1.807, 2.05) is 12.1 Å². The third-order valence-corrected chi connectivity index (χ3v) is 4.15. The first-order chi connectivity index (χ1) is 10.3. The van der Waals surface area contributed by atoms with Crippen molar-refractivity contribution in [1.29, 1.82) is 0 Å². The van der Waals surface area contributed by atoms with E-state index in [9.17, 15) is 4.79 Å². The molecule has 2 nitrogen and oxygen atoms in total. The molecule has 0 spiro atoms. The van der Waals surface area contributed by atoms with E-state index < -0.39 is 0 Å². The number of nitrogens with one attached hydrogen (secondary N) is 1. The van der Waals surface area contributed by atoms with Gasteiger partial charge in [0.25, 0.3) is 0 Å². The highest BCUT2D eigenvalue weighted by atomic mass is 16.1. The molecule has 0 bridgehead atoms. The summed E-state index contributed by atoms with van der Waals surface area (Å²) in [6, 6.07) is 10.9. The van der Waals surface area contributed by atoms with E-state index in [1.165, 1.54) is 31.2 Å². The van der Waals surface area contributed by atoms with E-state index in [2.05, 4.69) is 29.6 Å². The maximum absolute atomic E-state index is 11.9. The Morgan fingerprint density at radius 2 is 1.81 bits per heavy atom. The molecule has 1 aromatic rings. The third kappa shape index (κ3) is 6.61. The van der Waals surface area contributed by atoms with Crippen molar-refractivity contribution in [1.82, 2.24) is 5.32 Å². The summed E-state index contributed by atoms with van der Waals surface area (Å²) in [6.45, 7) is 0. The molecule has 0 saturated heterocycles. The van der Waals surface area contributed by atoms with Gasteiger partial charge in [0.1, 0.15) is 0 Å². The van der Waals surface area contributed by atoms with Crippen LogP contribution in [0.2, 0.25) is 0 Å². The largest absolute Gasteiger partial charge is 0.350 e. The lowest BCUT2D eigenvalue weighted by Crippen LogP contribution is -2.33. The molecule has 0 heterocycles. The average Bonchev–Trinajstić information content (AvgIpc) is 2.76. The minimum Gasteiger partial charge on any atom is -0.350 e. The van der Waals surface area contributed by atoms with Crippen molar-refractivity contribution >= 4 is 5.91 Å². The van der Waals surface area contributed by atoms with Crippen LogP contribution in [0.1, 0.15) is 56.9 Å². The molecule has 0 aromatic heterocycles. The van der Waals surface area contributed by atoms with Gasteiger partial charge in [0.2, 0.25) is 5.91 Å². The predicted molar refractivity (Wildman–Crippen MR) is 88.2 cm³/mol. The number of unbranched alkanes of at least 4 members (excludes halogenated alkanes) is 1. The van der Waals surface area contributed by atoms with E-state index in [-0.39, 0.29) is 5.91 Å². The van der Waals surface area contributed by atoms with Gasteiger partial charge in [-0.05, 0) is 43.7 Å². The molecule has 1 N–H and O–H groups in total. The molecule has 1 aliphatic carbocycles. The summed E-state index contributed by atoms with van der Waals surface area (Å²) in [7, 11) is 0. The van der Waals surface area contributed by atoms with Gasteiger partial charge in [0.05, 0.1) is 0 Å². The van der Waals surface area contributed by atoms with Gasteiger partial charge >= 0.3 is 0 Å². The quantitative estimate of drug-likeness (QED) is 0.468. The van der Waals surface area contributed by atoms with E-state index in [0.29, 0.717) is 6.04 Å². The lowest BCUT2D eigenvalue weighted by molar-refractivity contribution is -0.117. The zero-order valence-corrected chi connectivity index (χ0v) is 12.9. The summed E-state index contributed by atoms with van der Waals surface area (Å²) in [5.41, 5.74) is 1.37. The monoisotopic (exact) mass is 285 g/mol. The Labute approximate surface area is 128 Å². The molecule has 1 aromatic carbocycles. The van der Waals surface area contributed by atoms with Gasteiger partial charge in [-0.15, -0.1) is 0 Å². The summed E-state index contributed by atoms with van der Waals surface area (Å²) in [4.78, 5) is 11.9. The Bertz CT molecular complexity index is 430. The van der Waals surface area contributed by atoms with Crippen molar-refractivity contribution in [2.45, 2.75) is 63.8 Å². The SMILES string of the molecule is O=C(C=CCCCc1ccccc1)NC1CCCCCC1. The Kier molecular flexibility index (Phi) is 7.06. The second kappa shape index (κ2) is 9.38. The second-order valence-electron chi connectivity index (χ2n) is 5.98. The van der Waals surface area contributed by atoms with Gasteiger partial charge in [-0.25, -0.2) is 0 Å². The third-order valence-electron chi connectivity index (χ3n) is 4.15. The molecule has 21 heavy (non-hydrogen) atoms. The number of aryl methyl sites for hydroxylation is 1. The van der Waals surface area contributed by atoms with Crippen molar-refractivity contribution in [2.75, 3.05) is 0 Å². The number of carbonyl (C=O) groups excluding carboxylic acids is 1. The van der Waals surface area contributed by atoms with E-state index in [1.54, 1.807) is 6.08 Å². The average molecular weight is 285 g/mol. The molecule has 1 amide bonds. The van der Waals surface area contributed by atoms with Gasteiger partial charge in [-0.2, -0.15) is 0 Å². The fraction of sp³-hybridized carbons (Fsp3) is 0.526. The van der Waals surface area contributed by atoms with Gasteiger partial charge in [-0.3, -0.25) is 4.79 Å². The number of hydrogen-bond donors (Lipinski definition) is 1. The van der Waals surface area contributed by atoms with Gasteiger partial charge < -0.3 is 5.32 Å². The highest BCUT2D eigenvalue weighted by Gasteiger charge is 2.12. The first-order valence-electron chi connectivity index (χ1n) is 8.35. The molecule has 2 rings (SSSR count). The number of rotatable bonds is 6. The van der Waals surface area contributed by atoms with Crippen molar-refractivity contribution in [3.05, 3.63) is 48.0 Å². The van der Waals surface area contributed by atoms with Crippen LogP contribution in [0.25, 0.3) is 0 Å². The zero-order chi connectivity index (χ0) is 14.8. The minimum atomic E-state index is 0.0848. The van der Waals surface area contributed by atoms with Crippen LogP contribution in [0.3, 0.4) is 0 Å². The summed E-state index contributed by atoms with van der Waals surface area (Å²) < 4.78 is 0. The molecular weight excluding hydrogens is 258 g/mol. The van der Waals surface area contributed by atoms with Crippen LogP contribution in [-0.2, 0) is 11.2 Å². The Balaban J connectivity index is 1.61. The van der Waals surface area contributed by atoms with Crippen molar-refractivity contribution in [3.8, 4) is 0 Å². The molecule has 0 unspecified atom stereocenters. The standard InChI is InChI=1S/C19H27NO/c21-19(20-18-14-8-1-2-9-15-18)16-10-4-7-13-17-11-5-3-6-12-17/h3,5-6,10-12,16,18H,1-2,4,7-9,13-15H2,(H,20,21). The van der Waals surface area contributed by atoms with Crippen LogP contribution < -0.4 is 5.32 Å².